The molecule has 4 nitrogen and oxygen atoms in total. The molecular formula is C14H20FN3O. The van der Waals surface area contributed by atoms with Gasteiger partial charge in [-0.25, -0.2) is 4.39 Å². The number of nitrogens with zero attached hydrogens (tertiary/aromatic N) is 1. The molecule has 1 amide bonds. The van der Waals surface area contributed by atoms with Crippen molar-refractivity contribution in [1.29, 1.82) is 0 Å². The second kappa shape index (κ2) is 5.17. The van der Waals surface area contributed by atoms with Crippen molar-refractivity contribution in [2.45, 2.75) is 32.2 Å². The molecule has 104 valence electrons. The lowest BCUT2D eigenvalue weighted by molar-refractivity contribution is -0.118. The summed E-state index contributed by atoms with van der Waals surface area (Å²) in [4.78, 5) is 14.1. The van der Waals surface area contributed by atoms with Gasteiger partial charge in [-0.3, -0.25) is 9.69 Å². The molecule has 3 N–H and O–H groups in total. The number of likely N-dealkylation sites (tertiary alicyclic amines) is 1. The Bertz CT molecular complexity index is 488. The second-order valence-corrected chi connectivity index (χ2v) is 5.62. The Hall–Kier alpha value is -1.62. The van der Waals surface area contributed by atoms with E-state index in [2.05, 4.69) is 24.1 Å². The number of rotatable bonds is 3. The number of hydrogen-bond donors (Lipinski definition) is 2. The van der Waals surface area contributed by atoms with Crippen LogP contribution in [0.5, 0.6) is 0 Å². The zero-order valence-corrected chi connectivity index (χ0v) is 11.4. The van der Waals surface area contributed by atoms with E-state index in [0.717, 1.165) is 19.4 Å². The van der Waals surface area contributed by atoms with Crippen LogP contribution in [-0.2, 0) is 4.79 Å². The lowest BCUT2D eigenvalue weighted by Crippen LogP contribution is -2.42. The molecule has 1 heterocycles. The van der Waals surface area contributed by atoms with Crippen LogP contribution in [0.4, 0.5) is 15.8 Å². The van der Waals surface area contributed by atoms with Gasteiger partial charge in [0.2, 0.25) is 5.91 Å². The first-order valence-corrected chi connectivity index (χ1v) is 6.48. The second-order valence-electron chi connectivity index (χ2n) is 5.62. The van der Waals surface area contributed by atoms with Crippen LogP contribution in [0.2, 0.25) is 0 Å². The summed E-state index contributed by atoms with van der Waals surface area (Å²) in [6.07, 6.45) is 2.22. The number of benzene rings is 1. The molecule has 2 rings (SSSR count). The monoisotopic (exact) mass is 265 g/mol. The number of nitrogens with one attached hydrogen (secondary N) is 1. The van der Waals surface area contributed by atoms with Crippen LogP contribution in [0.3, 0.4) is 0 Å². The molecule has 0 radical (unpaired) electrons. The zero-order valence-electron chi connectivity index (χ0n) is 11.4. The average Bonchev–Trinajstić information content (AvgIpc) is 2.63. The van der Waals surface area contributed by atoms with Gasteiger partial charge in [-0.15, -0.1) is 0 Å². The van der Waals surface area contributed by atoms with E-state index in [1.807, 2.05) is 0 Å². The number of carbonyl (C=O) groups is 1. The quantitative estimate of drug-likeness (QED) is 0.824. The highest BCUT2D eigenvalue weighted by molar-refractivity contribution is 5.92. The van der Waals surface area contributed by atoms with E-state index in [-0.39, 0.29) is 17.1 Å². The Kier molecular flexibility index (Phi) is 3.75. The molecule has 0 saturated carbocycles. The molecule has 19 heavy (non-hydrogen) atoms. The largest absolute Gasteiger partial charge is 0.396 e. The van der Waals surface area contributed by atoms with E-state index < -0.39 is 5.82 Å². The standard InChI is InChI=1S/C14H20FN3O/c1-14(2)6-3-7-18(14)9-13(19)17-10-4-5-11(15)12(16)8-10/h4-5,8H,3,6-7,9,16H2,1-2H3,(H,17,19). The molecule has 0 bridgehead atoms. The van der Waals surface area contributed by atoms with Crippen LogP contribution in [0, 0.1) is 5.82 Å². The minimum absolute atomic E-state index is 0.0410. The number of amides is 1. The molecule has 0 aliphatic carbocycles. The maximum atomic E-state index is 13.0. The normalized spacial score (nSPS) is 18.5. The predicted molar refractivity (Wildman–Crippen MR) is 74.3 cm³/mol. The van der Waals surface area contributed by atoms with Crippen molar-refractivity contribution in [2.24, 2.45) is 0 Å². The number of nitrogen functional groups attached to an aromatic ring is 1. The van der Waals surface area contributed by atoms with Gasteiger partial charge in [0, 0.05) is 11.2 Å². The summed E-state index contributed by atoms with van der Waals surface area (Å²) in [5.74, 6) is -0.570. The minimum Gasteiger partial charge on any atom is -0.396 e. The Morgan fingerprint density at radius 3 is 2.84 bits per heavy atom. The third-order valence-corrected chi connectivity index (χ3v) is 3.69. The van der Waals surface area contributed by atoms with E-state index in [9.17, 15) is 9.18 Å². The van der Waals surface area contributed by atoms with Gasteiger partial charge in [-0.05, 0) is 51.4 Å². The Balaban J connectivity index is 1.96. The maximum absolute atomic E-state index is 13.0. The summed E-state index contributed by atoms with van der Waals surface area (Å²) >= 11 is 0. The predicted octanol–water partition coefficient (Wildman–Crippen LogP) is 2.22. The summed E-state index contributed by atoms with van der Waals surface area (Å²) < 4.78 is 13.0. The van der Waals surface area contributed by atoms with E-state index >= 15 is 0 Å². The molecule has 0 unspecified atom stereocenters. The third-order valence-electron chi connectivity index (χ3n) is 3.69. The molecule has 1 fully saturated rings. The molecule has 1 aliphatic rings. The number of anilines is 2. The number of carbonyl (C=O) groups excluding carboxylic acids is 1. The summed E-state index contributed by atoms with van der Waals surface area (Å²) in [7, 11) is 0. The summed E-state index contributed by atoms with van der Waals surface area (Å²) in [5, 5.41) is 2.75. The highest BCUT2D eigenvalue weighted by Gasteiger charge is 2.32. The lowest BCUT2D eigenvalue weighted by Gasteiger charge is -2.30. The number of halogens is 1. The highest BCUT2D eigenvalue weighted by atomic mass is 19.1. The molecule has 1 saturated heterocycles. The molecule has 0 aromatic heterocycles. The highest BCUT2D eigenvalue weighted by Crippen LogP contribution is 2.27. The SMILES string of the molecule is CC1(C)CCCN1CC(=O)Nc1ccc(F)c(N)c1. The third kappa shape index (κ3) is 3.23. The summed E-state index contributed by atoms with van der Waals surface area (Å²) in [6, 6.07) is 4.20. The first-order chi connectivity index (χ1) is 8.88. The van der Waals surface area contributed by atoms with Gasteiger partial charge in [0.15, 0.2) is 0 Å². The van der Waals surface area contributed by atoms with Crippen LogP contribution in [-0.4, -0.2) is 29.4 Å². The van der Waals surface area contributed by atoms with Crippen molar-refractivity contribution in [3.05, 3.63) is 24.0 Å². The van der Waals surface area contributed by atoms with Crippen LogP contribution < -0.4 is 11.1 Å². The van der Waals surface area contributed by atoms with E-state index in [0.29, 0.717) is 12.2 Å². The van der Waals surface area contributed by atoms with Crippen molar-refractivity contribution in [2.75, 3.05) is 24.1 Å². The lowest BCUT2D eigenvalue weighted by atomic mass is 10.0. The van der Waals surface area contributed by atoms with E-state index in [1.54, 1.807) is 0 Å². The number of hydrogen-bond acceptors (Lipinski definition) is 3. The molecule has 1 aromatic rings. The number of nitrogens with two attached hydrogens (primary N) is 1. The van der Waals surface area contributed by atoms with Crippen LogP contribution in [0.15, 0.2) is 18.2 Å². The topological polar surface area (TPSA) is 58.4 Å². The Labute approximate surface area is 112 Å². The Morgan fingerprint density at radius 2 is 2.26 bits per heavy atom. The fraction of sp³-hybridized carbons (Fsp3) is 0.500. The fourth-order valence-corrected chi connectivity index (χ4v) is 2.45. The fourth-order valence-electron chi connectivity index (χ4n) is 2.45. The van der Waals surface area contributed by atoms with Gasteiger partial charge in [-0.1, -0.05) is 0 Å². The first kappa shape index (κ1) is 13.8. The van der Waals surface area contributed by atoms with Crippen LogP contribution in [0.25, 0.3) is 0 Å². The Morgan fingerprint density at radius 1 is 1.53 bits per heavy atom. The van der Waals surface area contributed by atoms with Crippen LogP contribution >= 0.6 is 0 Å². The molecule has 0 spiro atoms. The van der Waals surface area contributed by atoms with Crippen molar-refractivity contribution in [3.8, 4) is 0 Å². The zero-order chi connectivity index (χ0) is 14.0. The molecule has 0 atom stereocenters. The van der Waals surface area contributed by atoms with Crippen molar-refractivity contribution in [1.82, 2.24) is 4.90 Å². The van der Waals surface area contributed by atoms with Gasteiger partial charge >= 0.3 is 0 Å². The molecule has 1 aromatic carbocycles. The molecule has 1 aliphatic heterocycles. The van der Waals surface area contributed by atoms with Gasteiger partial charge < -0.3 is 11.1 Å². The molecular weight excluding hydrogens is 245 g/mol. The first-order valence-electron chi connectivity index (χ1n) is 6.48. The average molecular weight is 265 g/mol. The molecule has 5 heteroatoms. The van der Waals surface area contributed by atoms with E-state index in [1.165, 1.54) is 18.2 Å². The van der Waals surface area contributed by atoms with E-state index in [4.69, 9.17) is 5.73 Å². The van der Waals surface area contributed by atoms with Crippen molar-refractivity contribution < 1.29 is 9.18 Å². The summed E-state index contributed by atoms with van der Waals surface area (Å²) in [5.41, 5.74) is 6.10. The van der Waals surface area contributed by atoms with Gasteiger partial charge in [-0.2, -0.15) is 0 Å². The van der Waals surface area contributed by atoms with Crippen molar-refractivity contribution >= 4 is 17.3 Å². The smallest absolute Gasteiger partial charge is 0.238 e. The van der Waals surface area contributed by atoms with Crippen LogP contribution in [0.1, 0.15) is 26.7 Å². The van der Waals surface area contributed by atoms with Gasteiger partial charge in [0.05, 0.1) is 12.2 Å². The minimum atomic E-state index is -0.473. The van der Waals surface area contributed by atoms with Gasteiger partial charge in [0.1, 0.15) is 5.82 Å². The van der Waals surface area contributed by atoms with Gasteiger partial charge in [0.25, 0.3) is 0 Å². The maximum Gasteiger partial charge on any atom is 0.238 e. The summed E-state index contributed by atoms with van der Waals surface area (Å²) in [6.45, 7) is 5.57. The van der Waals surface area contributed by atoms with Crippen molar-refractivity contribution in [3.63, 3.8) is 0 Å².